The summed E-state index contributed by atoms with van der Waals surface area (Å²) in [6.07, 6.45) is 2.03. The number of esters is 1. The van der Waals surface area contributed by atoms with Gasteiger partial charge in [0, 0.05) is 6.54 Å². The van der Waals surface area contributed by atoms with Crippen LogP contribution < -0.4 is 0 Å². The van der Waals surface area contributed by atoms with E-state index in [1.807, 2.05) is 27.7 Å². The normalized spacial score (nSPS) is 25.2. The minimum atomic E-state index is -0.428. The number of nitrogens with zero attached hydrogens (tertiary/aromatic N) is 1. The van der Waals surface area contributed by atoms with E-state index < -0.39 is 5.60 Å². The van der Waals surface area contributed by atoms with Crippen molar-refractivity contribution in [3.8, 4) is 11.2 Å². The molecule has 1 heterocycles. The second-order valence-electron chi connectivity index (χ2n) is 5.62. The molecule has 3 nitrogen and oxygen atoms in total. The Morgan fingerprint density at radius 2 is 2.18 bits per heavy atom. The molecule has 1 fully saturated rings. The fraction of sp³-hybridized carbons (Fsp3) is 0.769. The van der Waals surface area contributed by atoms with Gasteiger partial charge in [0.2, 0.25) is 0 Å². The molecule has 0 N–H and O–H groups in total. The largest absolute Gasteiger partial charge is 0.459 e. The molecule has 0 spiro atoms. The summed E-state index contributed by atoms with van der Waals surface area (Å²) in [4.78, 5) is 13.8. The van der Waals surface area contributed by atoms with Crippen LogP contribution in [0.2, 0.25) is 0 Å². The van der Waals surface area contributed by atoms with Gasteiger partial charge >= 0.3 is 5.97 Å². The van der Waals surface area contributed by atoms with Crippen LogP contribution in [-0.2, 0) is 9.53 Å². The van der Waals surface area contributed by atoms with Crippen molar-refractivity contribution in [2.45, 2.75) is 51.7 Å². The van der Waals surface area contributed by atoms with Crippen LogP contribution in [0.5, 0.6) is 0 Å². The van der Waals surface area contributed by atoms with E-state index in [4.69, 9.17) is 4.74 Å². The molecule has 0 bridgehead atoms. The van der Waals surface area contributed by atoms with Crippen molar-refractivity contribution in [3.05, 3.63) is 0 Å². The summed E-state index contributed by atoms with van der Waals surface area (Å²) in [5, 5.41) is 2.65. The van der Waals surface area contributed by atoms with Crippen LogP contribution >= 0.6 is 12.6 Å². The summed E-state index contributed by atoms with van der Waals surface area (Å²) in [6.45, 7) is 8.87. The van der Waals surface area contributed by atoms with Crippen molar-refractivity contribution in [1.82, 2.24) is 4.90 Å². The smallest absolute Gasteiger partial charge is 0.320 e. The number of likely N-dealkylation sites (tertiary alicyclic amines) is 1. The lowest BCUT2D eigenvalue weighted by molar-refractivity contribution is -0.156. The minimum absolute atomic E-state index is 0.188. The highest BCUT2D eigenvalue weighted by molar-refractivity contribution is 7.85. The van der Waals surface area contributed by atoms with Crippen LogP contribution in [0.15, 0.2) is 0 Å². The molecule has 0 aromatic carbocycles. The van der Waals surface area contributed by atoms with E-state index in [0.29, 0.717) is 6.54 Å². The summed E-state index contributed by atoms with van der Waals surface area (Å²) in [5.41, 5.74) is -0.666. The summed E-state index contributed by atoms with van der Waals surface area (Å²) in [6, 6.07) is 0. The third-order valence-electron chi connectivity index (χ3n) is 2.85. The van der Waals surface area contributed by atoms with Crippen LogP contribution in [0.4, 0.5) is 0 Å². The van der Waals surface area contributed by atoms with Gasteiger partial charge < -0.3 is 4.74 Å². The molecule has 0 amide bonds. The molecular formula is C13H21NO2S. The molecule has 4 heteroatoms. The number of hydrogen-bond donors (Lipinski definition) is 1. The zero-order valence-electron chi connectivity index (χ0n) is 11.0. The number of ether oxygens (including phenoxy) is 1. The van der Waals surface area contributed by atoms with Gasteiger partial charge in [-0.2, -0.15) is 0 Å². The van der Waals surface area contributed by atoms with Crippen molar-refractivity contribution in [1.29, 1.82) is 0 Å². The highest BCUT2D eigenvalue weighted by atomic mass is 32.1. The molecule has 17 heavy (non-hydrogen) atoms. The van der Waals surface area contributed by atoms with Gasteiger partial charge in [-0.1, -0.05) is 18.5 Å². The lowest BCUT2D eigenvalue weighted by Gasteiger charge is -2.30. The van der Waals surface area contributed by atoms with Crippen molar-refractivity contribution >= 4 is 18.6 Å². The van der Waals surface area contributed by atoms with Crippen LogP contribution in [0.1, 0.15) is 40.5 Å². The van der Waals surface area contributed by atoms with Gasteiger partial charge in [0.25, 0.3) is 0 Å². The fourth-order valence-electron chi connectivity index (χ4n) is 2.06. The highest BCUT2D eigenvalue weighted by Gasteiger charge is 2.36. The molecule has 1 rings (SSSR count). The second kappa shape index (κ2) is 5.32. The van der Waals surface area contributed by atoms with Crippen molar-refractivity contribution in [2.75, 3.05) is 13.1 Å². The standard InChI is InChI=1S/C13H21NO2S/c1-12(2,3)16-11(15)10-14-8-5-6-13(14,4)7-9-17/h17H,5-6,8,10H2,1-4H3. The molecule has 1 aliphatic heterocycles. The Bertz CT molecular complexity index is 351. The topological polar surface area (TPSA) is 29.5 Å². The van der Waals surface area contributed by atoms with E-state index in [9.17, 15) is 4.79 Å². The summed E-state index contributed by atoms with van der Waals surface area (Å²) < 4.78 is 5.32. The Morgan fingerprint density at radius 1 is 1.53 bits per heavy atom. The Hall–Kier alpha value is -0.660. The molecule has 1 aliphatic rings. The fourth-order valence-corrected chi connectivity index (χ4v) is 2.31. The Morgan fingerprint density at radius 3 is 2.71 bits per heavy atom. The Kier molecular flexibility index (Phi) is 4.51. The van der Waals surface area contributed by atoms with Crippen molar-refractivity contribution in [2.24, 2.45) is 0 Å². The van der Waals surface area contributed by atoms with E-state index in [1.54, 1.807) is 0 Å². The van der Waals surface area contributed by atoms with Gasteiger partial charge in [-0.05, 0) is 45.8 Å². The molecule has 1 atom stereocenters. The van der Waals surface area contributed by atoms with E-state index in [0.717, 1.165) is 19.4 Å². The number of carbonyl (C=O) groups excluding carboxylic acids is 1. The average molecular weight is 255 g/mol. The predicted molar refractivity (Wildman–Crippen MR) is 71.8 cm³/mol. The van der Waals surface area contributed by atoms with Gasteiger partial charge in [0.05, 0.1) is 12.1 Å². The third-order valence-corrected chi connectivity index (χ3v) is 2.97. The van der Waals surface area contributed by atoms with Gasteiger partial charge in [-0.15, -0.1) is 0 Å². The first kappa shape index (κ1) is 14.4. The number of carbonyl (C=O) groups is 1. The maximum absolute atomic E-state index is 11.8. The average Bonchev–Trinajstić information content (AvgIpc) is 2.45. The highest BCUT2D eigenvalue weighted by Crippen LogP contribution is 2.28. The molecule has 0 aromatic heterocycles. The van der Waals surface area contributed by atoms with Crippen molar-refractivity contribution < 1.29 is 9.53 Å². The van der Waals surface area contributed by atoms with Gasteiger partial charge in [0.15, 0.2) is 0 Å². The number of hydrogen-bond acceptors (Lipinski definition) is 4. The summed E-state index contributed by atoms with van der Waals surface area (Å²) in [5.74, 6) is 2.88. The molecule has 0 aromatic rings. The Labute approximate surface area is 109 Å². The third kappa shape index (κ3) is 4.25. The molecule has 0 radical (unpaired) electrons. The molecular weight excluding hydrogens is 234 g/mol. The second-order valence-corrected chi connectivity index (χ2v) is 5.85. The number of rotatable bonds is 2. The zero-order valence-corrected chi connectivity index (χ0v) is 11.9. The lowest BCUT2D eigenvalue weighted by atomic mass is 10.0. The monoisotopic (exact) mass is 255 g/mol. The minimum Gasteiger partial charge on any atom is -0.459 e. The molecule has 96 valence electrons. The van der Waals surface area contributed by atoms with Gasteiger partial charge in [-0.25, -0.2) is 0 Å². The van der Waals surface area contributed by atoms with E-state index >= 15 is 0 Å². The summed E-state index contributed by atoms with van der Waals surface area (Å²) in [7, 11) is 0. The zero-order chi connectivity index (χ0) is 13.1. The van der Waals surface area contributed by atoms with Crippen LogP contribution in [0.25, 0.3) is 0 Å². The van der Waals surface area contributed by atoms with E-state index in [1.165, 1.54) is 0 Å². The Balaban J connectivity index is 2.61. The summed E-state index contributed by atoms with van der Waals surface area (Å²) >= 11 is 3.95. The lowest BCUT2D eigenvalue weighted by Crippen LogP contribution is -2.44. The van der Waals surface area contributed by atoms with Crippen molar-refractivity contribution in [3.63, 3.8) is 0 Å². The quantitative estimate of drug-likeness (QED) is 0.465. The molecule has 0 saturated carbocycles. The first-order valence-electron chi connectivity index (χ1n) is 5.90. The van der Waals surface area contributed by atoms with Crippen LogP contribution in [-0.4, -0.2) is 35.1 Å². The SMILES string of the molecule is CC(C)(C)OC(=O)CN1CCCC1(C)C#CS. The van der Waals surface area contributed by atoms with Gasteiger partial charge in [-0.3, -0.25) is 9.69 Å². The van der Waals surface area contributed by atoms with Crippen LogP contribution in [0, 0.1) is 11.2 Å². The molecule has 1 saturated heterocycles. The number of thiol groups is 1. The predicted octanol–water partition coefficient (Wildman–Crippen LogP) is 2.07. The van der Waals surface area contributed by atoms with Crippen LogP contribution in [0.3, 0.4) is 0 Å². The van der Waals surface area contributed by atoms with Gasteiger partial charge in [0.1, 0.15) is 5.60 Å². The first-order chi connectivity index (χ1) is 7.77. The molecule has 0 aliphatic carbocycles. The first-order valence-corrected chi connectivity index (χ1v) is 6.35. The van der Waals surface area contributed by atoms with E-state index in [2.05, 4.69) is 28.7 Å². The maximum atomic E-state index is 11.8. The molecule has 1 unspecified atom stereocenters. The maximum Gasteiger partial charge on any atom is 0.320 e. The van der Waals surface area contributed by atoms with E-state index in [-0.39, 0.29) is 11.5 Å².